The van der Waals surface area contributed by atoms with E-state index in [1.807, 2.05) is 63.3 Å². The van der Waals surface area contributed by atoms with E-state index in [1.54, 1.807) is 13.2 Å². The largest absolute Gasteiger partial charge is 0.496 e. The summed E-state index contributed by atoms with van der Waals surface area (Å²) < 4.78 is 11.2. The zero-order chi connectivity index (χ0) is 18.0. The van der Waals surface area contributed by atoms with Gasteiger partial charge >= 0.3 is 0 Å². The van der Waals surface area contributed by atoms with Gasteiger partial charge in [-0.2, -0.15) is 0 Å². The molecule has 130 valence electrons. The number of amides is 1. The van der Waals surface area contributed by atoms with Gasteiger partial charge in [0, 0.05) is 17.7 Å². The summed E-state index contributed by atoms with van der Waals surface area (Å²) in [5.74, 6) is 1.51. The number of carbonyl (C=O) groups excluding carboxylic acids is 1. The fourth-order valence-electron chi connectivity index (χ4n) is 2.78. The molecule has 0 bridgehead atoms. The molecule has 2 aromatic rings. The fraction of sp³-hybridized carbons (Fsp3) is 0.286. The van der Waals surface area contributed by atoms with Crippen LogP contribution in [0.15, 0.2) is 42.5 Å². The maximum atomic E-state index is 12.4. The molecule has 0 aliphatic carbocycles. The van der Waals surface area contributed by atoms with Crippen molar-refractivity contribution in [2.45, 2.75) is 32.9 Å². The maximum absolute atomic E-state index is 12.4. The third kappa shape index (κ3) is 3.85. The lowest BCUT2D eigenvalue weighted by Gasteiger charge is -2.27. The van der Waals surface area contributed by atoms with Crippen molar-refractivity contribution in [3.05, 3.63) is 64.7 Å². The zero-order valence-electron chi connectivity index (χ0n) is 15.1. The molecule has 3 rings (SSSR count). The van der Waals surface area contributed by atoms with Gasteiger partial charge in [0.25, 0.3) is 5.91 Å². The first kappa shape index (κ1) is 17.1. The summed E-state index contributed by atoms with van der Waals surface area (Å²) in [5.41, 5.74) is 3.29. The SMILES string of the molecule is COc1cc(CNC(=O)c2ccc3c(c2)C=CC(C)(C)O3)ccc1C. The van der Waals surface area contributed by atoms with E-state index in [0.29, 0.717) is 12.1 Å². The van der Waals surface area contributed by atoms with Crippen LogP contribution in [0.2, 0.25) is 0 Å². The highest BCUT2D eigenvalue weighted by Gasteiger charge is 2.22. The molecule has 1 aliphatic rings. The molecule has 0 unspecified atom stereocenters. The summed E-state index contributed by atoms with van der Waals surface area (Å²) in [6, 6.07) is 11.4. The van der Waals surface area contributed by atoms with Crippen molar-refractivity contribution < 1.29 is 14.3 Å². The van der Waals surface area contributed by atoms with Crippen LogP contribution in [-0.2, 0) is 6.54 Å². The molecule has 0 saturated heterocycles. The molecule has 4 heteroatoms. The van der Waals surface area contributed by atoms with Gasteiger partial charge in [-0.05, 0) is 62.2 Å². The molecule has 0 radical (unpaired) electrons. The van der Waals surface area contributed by atoms with Crippen LogP contribution in [0.1, 0.15) is 40.9 Å². The quantitative estimate of drug-likeness (QED) is 0.913. The molecule has 1 aliphatic heterocycles. The first-order chi connectivity index (χ1) is 11.9. The van der Waals surface area contributed by atoms with Crippen LogP contribution in [0.4, 0.5) is 0 Å². The van der Waals surface area contributed by atoms with Crippen LogP contribution in [-0.4, -0.2) is 18.6 Å². The van der Waals surface area contributed by atoms with Crippen molar-refractivity contribution in [3.8, 4) is 11.5 Å². The molecule has 0 fully saturated rings. The van der Waals surface area contributed by atoms with Crippen LogP contribution < -0.4 is 14.8 Å². The minimum absolute atomic E-state index is 0.111. The van der Waals surface area contributed by atoms with Crippen LogP contribution in [0, 0.1) is 6.92 Å². The molecule has 4 nitrogen and oxygen atoms in total. The number of hydrogen-bond acceptors (Lipinski definition) is 3. The Morgan fingerprint density at radius 1 is 1.20 bits per heavy atom. The predicted octanol–water partition coefficient (Wildman–Crippen LogP) is 4.12. The lowest BCUT2D eigenvalue weighted by Crippen LogP contribution is -2.28. The Morgan fingerprint density at radius 2 is 2.00 bits per heavy atom. The Hall–Kier alpha value is -2.75. The number of benzene rings is 2. The van der Waals surface area contributed by atoms with Crippen LogP contribution in [0.5, 0.6) is 11.5 Å². The lowest BCUT2D eigenvalue weighted by atomic mass is 10.0. The standard InChI is InChI=1S/C21H23NO3/c1-14-5-6-15(11-19(14)24-4)13-22-20(23)17-7-8-18-16(12-17)9-10-21(2,3)25-18/h5-12H,13H2,1-4H3,(H,22,23). The highest BCUT2D eigenvalue weighted by molar-refractivity contribution is 5.95. The van der Waals surface area contributed by atoms with Crippen LogP contribution in [0.3, 0.4) is 0 Å². The zero-order valence-corrected chi connectivity index (χ0v) is 15.1. The topological polar surface area (TPSA) is 47.6 Å². The van der Waals surface area contributed by atoms with Crippen molar-refractivity contribution >= 4 is 12.0 Å². The number of carbonyl (C=O) groups is 1. The first-order valence-electron chi connectivity index (χ1n) is 8.32. The summed E-state index contributed by atoms with van der Waals surface area (Å²) in [4.78, 5) is 12.4. The van der Waals surface area contributed by atoms with Crippen LogP contribution in [0.25, 0.3) is 6.08 Å². The van der Waals surface area contributed by atoms with Gasteiger partial charge in [0.15, 0.2) is 0 Å². The Labute approximate surface area is 148 Å². The third-order valence-electron chi connectivity index (χ3n) is 4.23. The number of rotatable bonds is 4. The average molecular weight is 337 g/mol. The van der Waals surface area contributed by atoms with Gasteiger partial charge in [-0.15, -0.1) is 0 Å². The molecule has 0 spiro atoms. The molecule has 0 saturated carbocycles. The minimum atomic E-state index is -0.318. The Bertz CT molecular complexity index is 837. The second-order valence-corrected chi connectivity index (χ2v) is 6.78. The number of aryl methyl sites for hydroxylation is 1. The lowest BCUT2D eigenvalue weighted by molar-refractivity contribution is 0.0950. The summed E-state index contributed by atoms with van der Waals surface area (Å²) in [6.07, 6.45) is 4.00. The highest BCUT2D eigenvalue weighted by atomic mass is 16.5. The van der Waals surface area contributed by atoms with Crippen molar-refractivity contribution in [1.29, 1.82) is 0 Å². The van der Waals surface area contributed by atoms with E-state index in [4.69, 9.17) is 9.47 Å². The van der Waals surface area contributed by atoms with E-state index >= 15 is 0 Å². The van der Waals surface area contributed by atoms with E-state index in [-0.39, 0.29) is 11.5 Å². The Kier molecular flexibility index (Phi) is 4.53. The second-order valence-electron chi connectivity index (χ2n) is 6.78. The third-order valence-corrected chi connectivity index (χ3v) is 4.23. The van der Waals surface area contributed by atoms with Gasteiger partial charge in [-0.3, -0.25) is 4.79 Å². The van der Waals surface area contributed by atoms with Crippen LogP contribution >= 0.6 is 0 Å². The number of hydrogen-bond donors (Lipinski definition) is 1. The first-order valence-corrected chi connectivity index (χ1v) is 8.32. The average Bonchev–Trinajstić information content (AvgIpc) is 2.59. The molecule has 1 N–H and O–H groups in total. The normalized spacial score (nSPS) is 14.4. The van der Waals surface area contributed by atoms with Gasteiger partial charge < -0.3 is 14.8 Å². The number of nitrogens with one attached hydrogen (secondary N) is 1. The van der Waals surface area contributed by atoms with E-state index in [2.05, 4.69) is 5.32 Å². The summed E-state index contributed by atoms with van der Waals surface area (Å²) >= 11 is 0. The molecule has 0 atom stereocenters. The number of methoxy groups -OCH3 is 1. The van der Waals surface area contributed by atoms with Gasteiger partial charge in [0.05, 0.1) is 7.11 Å². The molecular formula is C21H23NO3. The van der Waals surface area contributed by atoms with Gasteiger partial charge in [0.2, 0.25) is 0 Å². The van der Waals surface area contributed by atoms with Crippen molar-refractivity contribution in [2.75, 3.05) is 7.11 Å². The predicted molar refractivity (Wildman–Crippen MR) is 99.1 cm³/mol. The minimum Gasteiger partial charge on any atom is -0.496 e. The van der Waals surface area contributed by atoms with Gasteiger partial charge in [-0.25, -0.2) is 0 Å². The summed E-state index contributed by atoms with van der Waals surface area (Å²) in [7, 11) is 1.65. The highest BCUT2D eigenvalue weighted by Crippen LogP contribution is 2.31. The Morgan fingerprint density at radius 3 is 2.76 bits per heavy atom. The van der Waals surface area contributed by atoms with E-state index in [1.165, 1.54) is 0 Å². The van der Waals surface area contributed by atoms with E-state index in [9.17, 15) is 4.79 Å². The summed E-state index contributed by atoms with van der Waals surface area (Å²) in [5, 5.41) is 2.95. The Balaban J connectivity index is 1.70. The number of ether oxygens (including phenoxy) is 2. The molecule has 0 aromatic heterocycles. The molecule has 25 heavy (non-hydrogen) atoms. The smallest absolute Gasteiger partial charge is 0.251 e. The molecule has 2 aromatic carbocycles. The van der Waals surface area contributed by atoms with Gasteiger partial charge in [-0.1, -0.05) is 18.2 Å². The molecule has 1 heterocycles. The van der Waals surface area contributed by atoms with Crippen molar-refractivity contribution in [2.24, 2.45) is 0 Å². The fourth-order valence-corrected chi connectivity index (χ4v) is 2.78. The monoisotopic (exact) mass is 337 g/mol. The van der Waals surface area contributed by atoms with E-state index in [0.717, 1.165) is 28.2 Å². The number of fused-ring (bicyclic) bond motifs is 1. The van der Waals surface area contributed by atoms with Gasteiger partial charge in [0.1, 0.15) is 17.1 Å². The second kappa shape index (κ2) is 6.63. The molecular weight excluding hydrogens is 314 g/mol. The van der Waals surface area contributed by atoms with Crippen molar-refractivity contribution in [1.82, 2.24) is 5.32 Å². The maximum Gasteiger partial charge on any atom is 0.251 e. The molecule has 1 amide bonds. The van der Waals surface area contributed by atoms with Crippen molar-refractivity contribution in [3.63, 3.8) is 0 Å². The van der Waals surface area contributed by atoms with E-state index < -0.39 is 0 Å². The summed E-state index contributed by atoms with van der Waals surface area (Å²) in [6.45, 7) is 6.45.